The summed E-state index contributed by atoms with van der Waals surface area (Å²) >= 11 is 1.60. The van der Waals surface area contributed by atoms with Crippen LogP contribution >= 0.6 is 11.3 Å². The Hall–Kier alpha value is -1.66. The van der Waals surface area contributed by atoms with Gasteiger partial charge in [-0.05, 0) is 23.6 Å². The lowest BCUT2D eigenvalue weighted by molar-refractivity contribution is 1.31. The van der Waals surface area contributed by atoms with Crippen molar-refractivity contribution in [2.24, 2.45) is 0 Å². The van der Waals surface area contributed by atoms with Gasteiger partial charge in [0, 0.05) is 17.1 Å². The van der Waals surface area contributed by atoms with Crippen molar-refractivity contribution < 1.29 is 0 Å². The van der Waals surface area contributed by atoms with Gasteiger partial charge >= 0.3 is 0 Å². The second-order valence-corrected chi connectivity index (χ2v) is 3.30. The molecule has 0 aliphatic rings. The van der Waals surface area contributed by atoms with E-state index in [1.807, 2.05) is 16.8 Å². The van der Waals surface area contributed by atoms with E-state index >= 15 is 0 Å². The topological polar surface area (TPSA) is 36.7 Å². The minimum atomic E-state index is 0.626. The Morgan fingerprint density at radius 1 is 1.38 bits per heavy atom. The molecule has 3 heteroatoms. The molecule has 0 aromatic carbocycles. The standard InChI is InChI=1S/C10H6N2S/c11-6-8-2-1-4-12-10(8)9-3-5-13-7-9/h1-5,7H. The number of thiophene rings is 1. The number of nitrogens with zero attached hydrogens (tertiary/aromatic N) is 2. The molecule has 0 unspecified atom stereocenters. The van der Waals surface area contributed by atoms with Crippen molar-refractivity contribution in [1.82, 2.24) is 4.98 Å². The molecule has 0 saturated carbocycles. The second-order valence-electron chi connectivity index (χ2n) is 2.52. The Labute approximate surface area is 80.1 Å². The number of hydrogen-bond acceptors (Lipinski definition) is 3. The summed E-state index contributed by atoms with van der Waals surface area (Å²) in [5.41, 5.74) is 2.41. The van der Waals surface area contributed by atoms with E-state index in [-0.39, 0.29) is 0 Å². The molecule has 0 N–H and O–H groups in total. The van der Waals surface area contributed by atoms with E-state index in [1.165, 1.54) is 0 Å². The first-order chi connectivity index (χ1) is 6.42. The summed E-state index contributed by atoms with van der Waals surface area (Å²) in [5.74, 6) is 0. The molecule has 0 bridgehead atoms. The fourth-order valence-corrected chi connectivity index (χ4v) is 1.77. The Morgan fingerprint density at radius 3 is 3.00 bits per heavy atom. The Balaban J connectivity index is 2.59. The molecule has 2 aromatic rings. The van der Waals surface area contributed by atoms with Gasteiger partial charge in [-0.15, -0.1) is 0 Å². The molecular weight excluding hydrogens is 180 g/mol. The molecule has 0 saturated heterocycles. The molecule has 2 heterocycles. The van der Waals surface area contributed by atoms with Crippen LogP contribution in [0.15, 0.2) is 35.2 Å². The fourth-order valence-electron chi connectivity index (χ4n) is 1.12. The van der Waals surface area contributed by atoms with Crippen LogP contribution in [0.5, 0.6) is 0 Å². The van der Waals surface area contributed by atoms with E-state index in [0.29, 0.717) is 5.56 Å². The van der Waals surface area contributed by atoms with Gasteiger partial charge in [-0.25, -0.2) is 0 Å². The van der Waals surface area contributed by atoms with Crippen molar-refractivity contribution in [3.8, 4) is 17.3 Å². The van der Waals surface area contributed by atoms with Crippen LogP contribution in [-0.4, -0.2) is 4.98 Å². The van der Waals surface area contributed by atoms with Crippen molar-refractivity contribution in [3.05, 3.63) is 40.7 Å². The summed E-state index contributed by atoms with van der Waals surface area (Å²) in [6, 6.07) is 7.64. The first-order valence-corrected chi connectivity index (χ1v) is 4.74. The van der Waals surface area contributed by atoms with Gasteiger partial charge in [0.25, 0.3) is 0 Å². The molecule has 0 atom stereocenters. The predicted octanol–water partition coefficient (Wildman–Crippen LogP) is 2.68. The molecule has 0 radical (unpaired) electrons. The van der Waals surface area contributed by atoms with Gasteiger partial charge in [0.05, 0.1) is 11.3 Å². The molecule has 0 aliphatic heterocycles. The van der Waals surface area contributed by atoms with Crippen LogP contribution in [0.2, 0.25) is 0 Å². The highest BCUT2D eigenvalue weighted by molar-refractivity contribution is 7.08. The quantitative estimate of drug-likeness (QED) is 0.686. The van der Waals surface area contributed by atoms with Crippen LogP contribution in [0.1, 0.15) is 5.56 Å². The van der Waals surface area contributed by atoms with Gasteiger partial charge < -0.3 is 0 Å². The highest BCUT2D eigenvalue weighted by Crippen LogP contribution is 2.22. The number of pyridine rings is 1. The zero-order valence-corrected chi connectivity index (χ0v) is 7.58. The molecule has 0 amide bonds. The van der Waals surface area contributed by atoms with Crippen LogP contribution in [0.4, 0.5) is 0 Å². The monoisotopic (exact) mass is 186 g/mol. The lowest BCUT2D eigenvalue weighted by Crippen LogP contribution is -1.85. The third-order valence-corrected chi connectivity index (χ3v) is 2.41. The maximum Gasteiger partial charge on any atom is 0.101 e. The molecule has 2 aromatic heterocycles. The predicted molar refractivity (Wildman–Crippen MR) is 52.3 cm³/mol. The second kappa shape index (κ2) is 3.38. The third kappa shape index (κ3) is 1.44. The zero-order valence-electron chi connectivity index (χ0n) is 6.77. The van der Waals surface area contributed by atoms with Crippen molar-refractivity contribution in [1.29, 1.82) is 5.26 Å². The lowest BCUT2D eigenvalue weighted by Gasteiger charge is -1.97. The van der Waals surface area contributed by atoms with E-state index in [0.717, 1.165) is 11.3 Å². The van der Waals surface area contributed by atoms with Crippen molar-refractivity contribution in [2.75, 3.05) is 0 Å². The minimum absolute atomic E-state index is 0.626. The summed E-state index contributed by atoms with van der Waals surface area (Å²) in [5, 5.41) is 12.8. The third-order valence-electron chi connectivity index (χ3n) is 1.72. The molecular formula is C10H6N2S. The molecule has 13 heavy (non-hydrogen) atoms. The molecule has 0 fully saturated rings. The maximum atomic E-state index is 8.83. The summed E-state index contributed by atoms with van der Waals surface area (Å²) in [6.45, 7) is 0. The van der Waals surface area contributed by atoms with E-state index in [4.69, 9.17) is 5.26 Å². The minimum Gasteiger partial charge on any atom is -0.255 e. The highest BCUT2D eigenvalue weighted by atomic mass is 32.1. The SMILES string of the molecule is N#Cc1cccnc1-c1ccsc1. The molecule has 0 spiro atoms. The van der Waals surface area contributed by atoms with Gasteiger partial charge in [0.15, 0.2) is 0 Å². The van der Waals surface area contributed by atoms with Gasteiger partial charge in [-0.3, -0.25) is 4.98 Å². The van der Waals surface area contributed by atoms with E-state index < -0.39 is 0 Å². The van der Waals surface area contributed by atoms with E-state index in [9.17, 15) is 0 Å². The first kappa shape index (κ1) is 7.96. The largest absolute Gasteiger partial charge is 0.255 e. The van der Waals surface area contributed by atoms with E-state index in [2.05, 4.69) is 11.1 Å². The number of rotatable bonds is 1. The van der Waals surface area contributed by atoms with Gasteiger partial charge in [0.1, 0.15) is 6.07 Å². The Morgan fingerprint density at radius 2 is 2.31 bits per heavy atom. The number of aromatic nitrogens is 1. The van der Waals surface area contributed by atoms with Crippen LogP contribution in [-0.2, 0) is 0 Å². The average Bonchev–Trinajstić information content (AvgIpc) is 2.70. The summed E-state index contributed by atoms with van der Waals surface area (Å²) < 4.78 is 0. The first-order valence-electron chi connectivity index (χ1n) is 3.79. The Kier molecular flexibility index (Phi) is 2.07. The van der Waals surface area contributed by atoms with Gasteiger partial charge in [-0.2, -0.15) is 16.6 Å². The summed E-state index contributed by atoms with van der Waals surface area (Å²) in [7, 11) is 0. The molecule has 2 nitrogen and oxygen atoms in total. The summed E-state index contributed by atoms with van der Waals surface area (Å²) in [4.78, 5) is 4.18. The number of nitriles is 1. The normalized spacial score (nSPS) is 9.46. The Bertz CT molecular complexity index is 440. The maximum absolute atomic E-state index is 8.83. The van der Waals surface area contributed by atoms with Crippen LogP contribution in [0, 0.1) is 11.3 Å². The smallest absolute Gasteiger partial charge is 0.101 e. The highest BCUT2D eigenvalue weighted by Gasteiger charge is 2.04. The van der Waals surface area contributed by atoms with Crippen molar-refractivity contribution in [2.45, 2.75) is 0 Å². The average molecular weight is 186 g/mol. The molecule has 2 rings (SSSR count). The van der Waals surface area contributed by atoms with Crippen LogP contribution in [0.3, 0.4) is 0 Å². The number of hydrogen-bond donors (Lipinski definition) is 0. The van der Waals surface area contributed by atoms with Gasteiger partial charge in [0.2, 0.25) is 0 Å². The zero-order chi connectivity index (χ0) is 9.10. The summed E-state index contributed by atoms with van der Waals surface area (Å²) in [6.07, 6.45) is 1.70. The molecule has 0 aliphatic carbocycles. The molecule has 62 valence electrons. The van der Waals surface area contributed by atoms with Crippen molar-refractivity contribution in [3.63, 3.8) is 0 Å². The van der Waals surface area contributed by atoms with E-state index in [1.54, 1.807) is 29.7 Å². The van der Waals surface area contributed by atoms with Crippen LogP contribution < -0.4 is 0 Å². The van der Waals surface area contributed by atoms with Crippen molar-refractivity contribution >= 4 is 11.3 Å². The fraction of sp³-hybridized carbons (Fsp3) is 0. The van der Waals surface area contributed by atoms with Crippen LogP contribution in [0.25, 0.3) is 11.3 Å². The lowest BCUT2D eigenvalue weighted by atomic mass is 10.1. The van der Waals surface area contributed by atoms with Gasteiger partial charge in [-0.1, -0.05) is 0 Å².